The second-order valence-corrected chi connectivity index (χ2v) is 7.52. The molecular weight excluding hydrogens is 354 g/mol. The summed E-state index contributed by atoms with van der Waals surface area (Å²) < 4.78 is 5.16. The molecule has 4 rings (SSSR count). The number of nitrogen functional groups attached to an aromatic ring is 1. The van der Waals surface area contributed by atoms with E-state index < -0.39 is 0 Å². The lowest BCUT2D eigenvalue weighted by Crippen LogP contribution is -2.36. The molecule has 1 aliphatic carbocycles. The largest absolute Gasteiger partial charge is 0.497 e. The van der Waals surface area contributed by atoms with Crippen LogP contribution in [0.1, 0.15) is 36.4 Å². The molecule has 2 aromatic rings. The number of ether oxygens (including phenoxy) is 1. The number of nitrogens with one attached hydrogen (secondary N) is 1. The Balaban J connectivity index is 1.44. The molecule has 1 aliphatic heterocycles. The highest BCUT2D eigenvalue weighted by Gasteiger charge is 2.36. The molecule has 0 bridgehead atoms. The van der Waals surface area contributed by atoms with Crippen LogP contribution in [0.25, 0.3) is 0 Å². The van der Waals surface area contributed by atoms with Gasteiger partial charge in [0.25, 0.3) is 0 Å². The number of anilines is 2. The Hall–Kier alpha value is -3.02. The van der Waals surface area contributed by atoms with E-state index in [1.807, 2.05) is 42.5 Å². The van der Waals surface area contributed by atoms with Gasteiger partial charge in [-0.3, -0.25) is 9.59 Å². The topological polar surface area (TPSA) is 84.7 Å². The molecule has 2 aromatic carbocycles. The lowest BCUT2D eigenvalue weighted by molar-refractivity contribution is -0.127. The van der Waals surface area contributed by atoms with Crippen molar-refractivity contribution in [2.45, 2.75) is 31.7 Å². The Bertz CT molecular complexity index is 894. The average molecular weight is 379 g/mol. The Kier molecular flexibility index (Phi) is 4.94. The van der Waals surface area contributed by atoms with Gasteiger partial charge in [0.05, 0.1) is 19.1 Å². The summed E-state index contributed by atoms with van der Waals surface area (Å²) in [6, 6.07) is 13.2. The molecule has 6 heteroatoms. The lowest BCUT2D eigenvalue weighted by atomic mass is 9.87. The van der Waals surface area contributed by atoms with E-state index >= 15 is 0 Å². The van der Waals surface area contributed by atoms with E-state index in [1.54, 1.807) is 12.0 Å². The van der Waals surface area contributed by atoms with Gasteiger partial charge in [0.15, 0.2) is 0 Å². The maximum absolute atomic E-state index is 12.9. The summed E-state index contributed by atoms with van der Waals surface area (Å²) >= 11 is 0. The molecule has 1 saturated heterocycles. The molecule has 2 amide bonds. The third-order valence-electron chi connectivity index (χ3n) is 5.68. The maximum Gasteiger partial charge on any atom is 0.227 e. The van der Waals surface area contributed by atoms with Crippen LogP contribution in [0.5, 0.6) is 5.75 Å². The first-order valence-electron chi connectivity index (χ1n) is 9.68. The van der Waals surface area contributed by atoms with Gasteiger partial charge in [0.1, 0.15) is 5.75 Å². The Morgan fingerprint density at radius 2 is 2.00 bits per heavy atom. The summed E-state index contributed by atoms with van der Waals surface area (Å²) in [6.07, 6.45) is 3.15. The Labute approximate surface area is 164 Å². The van der Waals surface area contributed by atoms with Crippen molar-refractivity contribution in [3.05, 3.63) is 53.6 Å². The van der Waals surface area contributed by atoms with Crippen LogP contribution in [0.15, 0.2) is 42.5 Å². The van der Waals surface area contributed by atoms with Crippen molar-refractivity contribution in [2.75, 3.05) is 24.3 Å². The predicted octanol–water partition coefficient (Wildman–Crippen LogP) is 2.82. The Morgan fingerprint density at radius 3 is 2.75 bits per heavy atom. The summed E-state index contributed by atoms with van der Waals surface area (Å²) in [7, 11) is 1.61. The minimum Gasteiger partial charge on any atom is -0.497 e. The first kappa shape index (κ1) is 18.3. The third-order valence-corrected chi connectivity index (χ3v) is 5.68. The maximum atomic E-state index is 12.9. The standard InChI is InChI=1S/C22H25N3O3/c1-28-18-8-6-17(7-9-18)25-13-15(12-21(25)26)22(27)24-20-4-2-3-14-11-16(23)5-10-19(14)20/h5-11,15,20H,2-4,12-13,23H2,1H3,(H,24,27). The molecule has 146 valence electrons. The molecule has 28 heavy (non-hydrogen) atoms. The molecule has 2 aliphatic rings. The van der Waals surface area contributed by atoms with E-state index in [0.717, 1.165) is 42.0 Å². The molecule has 0 saturated carbocycles. The van der Waals surface area contributed by atoms with Crippen molar-refractivity contribution >= 4 is 23.2 Å². The monoisotopic (exact) mass is 379 g/mol. The van der Waals surface area contributed by atoms with Crippen LogP contribution < -0.4 is 20.7 Å². The van der Waals surface area contributed by atoms with E-state index in [1.165, 1.54) is 5.56 Å². The van der Waals surface area contributed by atoms with Crippen molar-refractivity contribution < 1.29 is 14.3 Å². The van der Waals surface area contributed by atoms with Crippen molar-refractivity contribution in [3.63, 3.8) is 0 Å². The van der Waals surface area contributed by atoms with E-state index in [2.05, 4.69) is 5.32 Å². The molecule has 0 radical (unpaired) electrons. The molecule has 1 heterocycles. The predicted molar refractivity (Wildman–Crippen MR) is 108 cm³/mol. The molecule has 6 nitrogen and oxygen atoms in total. The number of carbonyl (C=O) groups is 2. The number of hydrogen-bond acceptors (Lipinski definition) is 4. The van der Waals surface area contributed by atoms with Crippen LogP contribution in [0.2, 0.25) is 0 Å². The molecule has 0 aromatic heterocycles. The van der Waals surface area contributed by atoms with Crippen molar-refractivity contribution in [1.82, 2.24) is 5.32 Å². The number of rotatable bonds is 4. The van der Waals surface area contributed by atoms with Crippen LogP contribution in [0, 0.1) is 5.92 Å². The molecule has 2 unspecified atom stereocenters. The summed E-state index contributed by atoms with van der Waals surface area (Å²) in [5.41, 5.74) is 9.79. The van der Waals surface area contributed by atoms with Gasteiger partial charge in [0, 0.05) is 24.3 Å². The van der Waals surface area contributed by atoms with Gasteiger partial charge in [-0.25, -0.2) is 0 Å². The van der Waals surface area contributed by atoms with Gasteiger partial charge in [-0.2, -0.15) is 0 Å². The number of nitrogens with two attached hydrogens (primary N) is 1. The highest BCUT2D eigenvalue weighted by atomic mass is 16.5. The normalized spacial score (nSPS) is 21.3. The van der Waals surface area contributed by atoms with Crippen LogP contribution in [-0.4, -0.2) is 25.5 Å². The second-order valence-electron chi connectivity index (χ2n) is 7.52. The Morgan fingerprint density at radius 1 is 1.21 bits per heavy atom. The van der Waals surface area contributed by atoms with Crippen LogP contribution >= 0.6 is 0 Å². The fourth-order valence-electron chi connectivity index (χ4n) is 4.17. The zero-order chi connectivity index (χ0) is 19.7. The fourth-order valence-corrected chi connectivity index (χ4v) is 4.17. The molecular formula is C22H25N3O3. The fraction of sp³-hybridized carbons (Fsp3) is 0.364. The number of aryl methyl sites for hydroxylation is 1. The zero-order valence-electron chi connectivity index (χ0n) is 16.0. The quantitative estimate of drug-likeness (QED) is 0.800. The number of carbonyl (C=O) groups excluding carboxylic acids is 2. The van der Waals surface area contributed by atoms with E-state index in [4.69, 9.17) is 10.5 Å². The molecule has 1 fully saturated rings. The summed E-state index contributed by atoms with van der Waals surface area (Å²) in [6.45, 7) is 0.401. The van der Waals surface area contributed by atoms with Crippen LogP contribution in [0.4, 0.5) is 11.4 Å². The summed E-state index contributed by atoms with van der Waals surface area (Å²) in [5.74, 6) is 0.316. The number of amides is 2. The van der Waals surface area contributed by atoms with Gasteiger partial charge in [0.2, 0.25) is 11.8 Å². The highest BCUT2D eigenvalue weighted by molar-refractivity contribution is 6.00. The number of benzene rings is 2. The number of methoxy groups -OCH3 is 1. The van der Waals surface area contributed by atoms with Crippen LogP contribution in [0.3, 0.4) is 0 Å². The second kappa shape index (κ2) is 7.54. The van der Waals surface area contributed by atoms with Crippen molar-refractivity contribution in [1.29, 1.82) is 0 Å². The average Bonchev–Trinajstić information content (AvgIpc) is 3.10. The number of hydrogen-bond donors (Lipinski definition) is 2. The molecule has 0 spiro atoms. The zero-order valence-corrected chi connectivity index (χ0v) is 16.0. The lowest BCUT2D eigenvalue weighted by Gasteiger charge is -2.27. The van der Waals surface area contributed by atoms with Gasteiger partial charge in [-0.15, -0.1) is 0 Å². The molecule has 2 atom stereocenters. The smallest absolute Gasteiger partial charge is 0.227 e. The van der Waals surface area contributed by atoms with Gasteiger partial charge >= 0.3 is 0 Å². The molecule has 3 N–H and O–H groups in total. The van der Waals surface area contributed by atoms with Crippen molar-refractivity contribution in [2.24, 2.45) is 5.92 Å². The van der Waals surface area contributed by atoms with Gasteiger partial charge in [-0.1, -0.05) is 6.07 Å². The number of nitrogens with zero attached hydrogens (tertiary/aromatic N) is 1. The van der Waals surface area contributed by atoms with Gasteiger partial charge < -0.3 is 20.7 Å². The van der Waals surface area contributed by atoms with E-state index in [0.29, 0.717) is 6.54 Å². The summed E-state index contributed by atoms with van der Waals surface area (Å²) in [4.78, 5) is 27.0. The van der Waals surface area contributed by atoms with E-state index in [-0.39, 0.29) is 30.2 Å². The SMILES string of the molecule is COc1ccc(N2CC(C(=O)NC3CCCc4cc(N)ccc43)CC2=O)cc1. The first-order chi connectivity index (χ1) is 13.5. The van der Waals surface area contributed by atoms with Gasteiger partial charge in [-0.05, 0) is 66.8 Å². The van der Waals surface area contributed by atoms with Crippen molar-refractivity contribution in [3.8, 4) is 5.75 Å². The van der Waals surface area contributed by atoms with E-state index in [9.17, 15) is 9.59 Å². The minimum atomic E-state index is -0.339. The highest BCUT2D eigenvalue weighted by Crippen LogP contribution is 2.32. The summed E-state index contributed by atoms with van der Waals surface area (Å²) in [5, 5.41) is 3.17. The number of fused-ring (bicyclic) bond motifs is 1. The first-order valence-corrected chi connectivity index (χ1v) is 9.68. The minimum absolute atomic E-state index is 0.0120. The van der Waals surface area contributed by atoms with Crippen LogP contribution in [-0.2, 0) is 16.0 Å². The third kappa shape index (κ3) is 3.54.